The minimum absolute atomic E-state index is 0.0322. The Morgan fingerprint density at radius 3 is 2.38 bits per heavy atom. The molecule has 8 heteroatoms. The molecule has 2 fully saturated rings. The smallest absolute Gasteiger partial charge is 0.312 e. The van der Waals surface area contributed by atoms with E-state index in [9.17, 15) is 18.8 Å². The number of nitrogens with one attached hydrogen (secondary N) is 1. The highest BCUT2D eigenvalue weighted by Crippen LogP contribution is 2.40. The van der Waals surface area contributed by atoms with Gasteiger partial charge < -0.3 is 24.3 Å². The molecule has 0 heterocycles. The van der Waals surface area contributed by atoms with E-state index < -0.39 is 22.7 Å². The van der Waals surface area contributed by atoms with Crippen LogP contribution in [0.5, 0.6) is 11.5 Å². The molecule has 2 atom stereocenters. The number of carbonyl (C=O) groups excluding carboxylic acids is 3. The Bertz CT molecular complexity index is 917. The average Bonchev–Trinajstić information content (AvgIpc) is 3.22. The van der Waals surface area contributed by atoms with Gasteiger partial charge in [-0.15, -0.1) is 0 Å². The van der Waals surface area contributed by atoms with Crippen LogP contribution in [0, 0.1) is 17.2 Å². The molecule has 2 saturated carbocycles. The van der Waals surface area contributed by atoms with Crippen molar-refractivity contribution in [1.29, 1.82) is 0 Å². The molecule has 0 bridgehead atoms. The Hall–Kier alpha value is -2.64. The van der Waals surface area contributed by atoms with Crippen LogP contribution in [0.1, 0.15) is 83.0 Å². The Kier molecular flexibility index (Phi) is 7.88. The number of methoxy groups -OCH3 is 1. The first-order valence-corrected chi connectivity index (χ1v) is 12.0. The highest BCUT2D eigenvalue weighted by Gasteiger charge is 2.41. The third kappa shape index (κ3) is 6.07. The highest BCUT2D eigenvalue weighted by molar-refractivity contribution is 5.97. The van der Waals surface area contributed by atoms with Gasteiger partial charge in [0.2, 0.25) is 0 Å². The first kappa shape index (κ1) is 26.0. The minimum Gasteiger partial charge on any atom is -0.496 e. The third-order valence-corrected chi connectivity index (χ3v) is 6.78. The second-order valence-electron chi connectivity index (χ2n) is 10.7. The van der Waals surface area contributed by atoms with Gasteiger partial charge in [-0.2, -0.15) is 0 Å². The Balaban J connectivity index is 1.69. The molecule has 7 nitrogen and oxygen atoms in total. The summed E-state index contributed by atoms with van der Waals surface area (Å²) < 4.78 is 31.5. The van der Waals surface area contributed by atoms with Crippen LogP contribution in [0.2, 0.25) is 0 Å². The third-order valence-electron chi connectivity index (χ3n) is 6.78. The number of esters is 1. The lowest BCUT2D eigenvalue weighted by Gasteiger charge is -2.37. The van der Waals surface area contributed by atoms with Gasteiger partial charge in [0, 0.05) is 18.0 Å². The zero-order chi connectivity index (χ0) is 25.1. The summed E-state index contributed by atoms with van der Waals surface area (Å²) in [5.41, 5.74) is -1.00. The molecule has 3 rings (SSSR count). The number of hydrogen-bond donors (Lipinski definition) is 1. The number of amides is 1. The van der Waals surface area contributed by atoms with Crippen LogP contribution in [0.25, 0.3) is 0 Å². The Morgan fingerprint density at radius 2 is 1.79 bits per heavy atom. The van der Waals surface area contributed by atoms with Crippen LogP contribution in [0.4, 0.5) is 4.39 Å². The molecule has 188 valence electrons. The van der Waals surface area contributed by atoms with E-state index >= 15 is 0 Å². The van der Waals surface area contributed by atoms with Gasteiger partial charge in [-0.05, 0) is 72.3 Å². The molecule has 1 amide bonds. The molecule has 2 aliphatic carbocycles. The van der Waals surface area contributed by atoms with Gasteiger partial charge in [0.1, 0.15) is 17.6 Å². The quantitative estimate of drug-likeness (QED) is 0.456. The van der Waals surface area contributed by atoms with Crippen LogP contribution in [0.15, 0.2) is 12.1 Å². The number of carbonyl (C=O) groups is 3. The Labute approximate surface area is 200 Å². The van der Waals surface area contributed by atoms with Crippen LogP contribution in [-0.2, 0) is 14.3 Å². The van der Waals surface area contributed by atoms with Crippen molar-refractivity contribution in [3.8, 4) is 11.5 Å². The lowest BCUT2D eigenvalue weighted by Crippen LogP contribution is -2.40. The van der Waals surface area contributed by atoms with E-state index in [4.69, 9.17) is 14.2 Å². The van der Waals surface area contributed by atoms with Gasteiger partial charge in [0.15, 0.2) is 11.6 Å². The summed E-state index contributed by atoms with van der Waals surface area (Å²) in [6, 6.07) is 2.26. The van der Waals surface area contributed by atoms with Crippen LogP contribution in [-0.4, -0.2) is 43.0 Å². The van der Waals surface area contributed by atoms with Gasteiger partial charge in [0.05, 0.1) is 24.2 Å². The van der Waals surface area contributed by atoms with Crippen LogP contribution in [0.3, 0.4) is 0 Å². The van der Waals surface area contributed by atoms with Crippen molar-refractivity contribution >= 4 is 18.2 Å². The fourth-order valence-electron chi connectivity index (χ4n) is 4.68. The molecule has 0 saturated heterocycles. The second kappa shape index (κ2) is 10.3. The molecular formula is C26H36FNO6. The zero-order valence-corrected chi connectivity index (χ0v) is 20.7. The highest BCUT2D eigenvalue weighted by atomic mass is 19.1. The monoisotopic (exact) mass is 477 g/mol. The number of ether oxygens (including phenoxy) is 3. The predicted molar refractivity (Wildman–Crippen MR) is 124 cm³/mol. The second-order valence-corrected chi connectivity index (χ2v) is 10.7. The topological polar surface area (TPSA) is 90.9 Å². The van der Waals surface area contributed by atoms with E-state index in [-0.39, 0.29) is 41.1 Å². The van der Waals surface area contributed by atoms with Gasteiger partial charge in [-0.1, -0.05) is 6.42 Å². The van der Waals surface area contributed by atoms with E-state index in [2.05, 4.69) is 5.32 Å². The average molecular weight is 478 g/mol. The molecule has 2 aliphatic rings. The fraction of sp³-hybridized carbons (Fsp3) is 0.654. The van der Waals surface area contributed by atoms with Crippen LogP contribution < -0.4 is 14.8 Å². The predicted octanol–water partition coefficient (Wildman–Crippen LogP) is 4.60. The van der Waals surface area contributed by atoms with Crippen molar-refractivity contribution in [2.45, 2.75) is 90.4 Å². The summed E-state index contributed by atoms with van der Waals surface area (Å²) in [4.78, 5) is 36.8. The van der Waals surface area contributed by atoms with Crippen molar-refractivity contribution < 1.29 is 33.0 Å². The van der Waals surface area contributed by atoms with E-state index in [1.807, 2.05) is 27.7 Å². The standard InChI is InChI=1S/C26H36FNO6/c1-25(2,3)34-24(31)26(4)11-9-17(10-12-26)33-22-13-18(21(32-5)14-19(22)27)23(30)28-20-8-6-7-16(20)15-29/h13-17,20H,6-12H2,1-5H3,(H,28,30)/t16-,17-,20-,26+/m1/s1. The van der Waals surface area contributed by atoms with Crippen molar-refractivity contribution in [3.05, 3.63) is 23.5 Å². The lowest BCUT2D eigenvalue weighted by molar-refractivity contribution is -0.169. The SMILES string of the molecule is COc1cc(F)c(O[C@H]2CC[C@@](C)(C(=O)OC(C)(C)C)CC2)cc1C(=O)N[C@@H]1CCC[C@@H]1C=O. The first-order valence-electron chi connectivity index (χ1n) is 12.0. The van der Waals surface area contributed by atoms with Gasteiger partial charge in [0.25, 0.3) is 5.91 Å². The lowest BCUT2D eigenvalue weighted by atomic mass is 9.74. The van der Waals surface area contributed by atoms with Crippen LogP contribution >= 0.6 is 0 Å². The maximum absolute atomic E-state index is 14.8. The number of benzene rings is 1. The molecule has 1 N–H and O–H groups in total. The first-order chi connectivity index (χ1) is 16.0. The van der Waals surface area contributed by atoms with E-state index in [1.165, 1.54) is 13.2 Å². The molecule has 0 aliphatic heterocycles. The van der Waals surface area contributed by atoms with Gasteiger partial charge in [-0.25, -0.2) is 4.39 Å². The van der Waals surface area contributed by atoms with Crippen molar-refractivity contribution in [2.75, 3.05) is 7.11 Å². The zero-order valence-electron chi connectivity index (χ0n) is 20.7. The maximum Gasteiger partial charge on any atom is 0.312 e. The van der Waals surface area contributed by atoms with Crippen molar-refractivity contribution in [2.24, 2.45) is 11.3 Å². The summed E-state index contributed by atoms with van der Waals surface area (Å²) in [6.45, 7) is 7.42. The van der Waals surface area contributed by atoms with Gasteiger partial charge in [-0.3, -0.25) is 9.59 Å². The number of rotatable bonds is 7. The van der Waals surface area contributed by atoms with E-state index in [0.717, 1.165) is 31.6 Å². The number of aldehydes is 1. The normalized spacial score (nSPS) is 27.1. The summed E-state index contributed by atoms with van der Waals surface area (Å²) in [7, 11) is 1.37. The molecular weight excluding hydrogens is 441 g/mol. The maximum atomic E-state index is 14.8. The summed E-state index contributed by atoms with van der Waals surface area (Å²) in [5, 5.41) is 2.88. The summed E-state index contributed by atoms with van der Waals surface area (Å²) in [6.07, 6.45) is 5.17. The molecule has 1 aromatic carbocycles. The summed E-state index contributed by atoms with van der Waals surface area (Å²) in [5.74, 6) is -1.43. The molecule has 1 aromatic rings. The Morgan fingerprint density at radius 1 is 1.12 bits per heavy atom. The fourth-order valence-corrected chi connectivity index (χ4v) is 4.68. The summed E-state index contributed by atoms with van der Waals surface area (Å²) >= 11 is 0. The van der Waals surface area contributed by atoms with Crippen molar-refractivity contribution in [1.82, 2.24) is 5.32 Å². The van der Waals surface area contributed by atoms with Crippen molar-refractivity contribution in [3.63, 3.8) is 0 Å². The van der Waals surface area contributed by atoms with E-state index in [1.54, 1.807) is 0 Å². The minimum atomic E-state index is -0.625. The molecule has 0 spiro atoms. The molecule has 0 unspecified atom stereocenters. The molecule has 34 heavy (non-hydrogen) atoms. The number of halogens is 1. The molecule has 0 aromatic heterocycles. The largest absolute Gasteiger partial charge is 0.496 e. The van der Waals surface area contributed by atoms with Gasteiger partial charge >= 0.3 is 5.97 Å². The van der Waals surface area contributed by atoms with E-state index in [0.29, 0.717) is 25.7 Å². The number of hydrogen-bond acceptors (Lipinski definition) is 6. The molecule has 0 radical (unpaired) electrons.